The van der Waals surface area contributed by atoms with E-state index in [1.807, 2.05) is 14.0 Å². The van der Waals surface area contributed by atoms with Crippen LogP contribution in [-0.2, 0) is 4.79 Å². The molecule has 0 bridgehead atoms. The summed E-state index contributed by atoms with van der Waals surface area (Å²) in [5.74, 6) is -1.43. The van der Waals surface area contributed by atoms with Gasteiger partial charge in [-0.25, -0.2) is 4.79 Å². The molecule has 0 aromatic heterocycles. The number of urea groups is 1. The summed E-state index contributed by atoms with van der Waals surface area (Å²) in [6.45, 7) is 5.62. The van der Waals surface area contributed by atoms with Gasteiger partial charge in [0.25, 0.3) is 0 Å². The number of nitrogens with zero attached hydrogens (tertiary/aromatic N) is 1. The van der Waals surface area contributed by atoms with Crippen LogP contribution in [0.5, 0.6) is 0 Å². The minimum Gasteiger partial charge on any atom is -0.481 e. The number of nitrogens with one attached hydrogen (secondary N) is 2. The number of carboxylic acid groups (broad SMARTS) is 1. The van der Waals surface area contributed by atoms with Crippen LogP contribution in [0.25, 0.3) is 0 Å². The third-order valence-corrected chi connectivity index (χ3v) is 2.46. The van der Waals surface area contributed by atoms with Crippen LogP contribution in [0.15, 0.2) is 0 Å². The van der Waals surface area contributed by atoms with E-state index >= 15 is 0 Å². The molecule has 3 N–H and O–H groups in total. The number of amides is 2. The third-order valence-electron chi connectivity index (χ3n) is 2.46. The van der Waals surface area contributed by atoms with Crippen LogP contribution in [0.3, 0.4) is 0 Å². The molecule has 0 saturated heterocycles. The highest BCUT2D eigenvalue weighted by atomic mass is 16.4. The van der Waals surface area contributed by atoms with Gasteiger partial charge in [0.05, 0.1) is 5.92 Å². The van der Waals surface area contributed by atoms with E-state index in [-0.39, 0.29) is 12.6 Å². The zero-order chi connectivity index (χ0) is 13.3. The van der Waals surface area contributed by atoms with Crippen LogP contribution in [-0.4, -0.2) is 55.2 Å². The maximum Gasteiger partial charge on any atom is 0.317 e. The lowest BCUT2D eigenvalue weighted by atomic mass is 10.2. The molecular weight excluding hydrogens is 222 g/mol. The van der Waals surface area contributed by atoms with E-state index in [1.54, 1.807) is 6.92 Å². The molecule has 0 aliphatic rings. The Morgan fingerprint density at radius 2 is 2.00 bits per heavy atom. The van der Waals surface area contributed by atoms with Crippen molar-refractivity contribution >= 4 is 12.0 Å². The lowest BCUT2D eigenvalue weighted by molar-refractivity contribution is -0.141. The molecule has 1 atom stereocenters. The molecule has 0 heterocycles. The monoisotopic (exact) mass is 245 g/mol. The molecule has 100 valence electrons. The quantitative estimate of drug-likeness (QED) is 0.539. The van der Waals surface area contributed by atoms with Crippen molar-refractivity contribution in [2.24, 2.45) is 5.92 Å². The second kappa shape index (κ2) is 8.81. The van der Waals surface area contributed by atoms with Crippen LogP contribution in [0, 0.1) is 5.92 Å². The topological polar surface area (TPSA) is 81.7 Å². The summed E-state index contributed by atoms with van der Waals surface area (Å²) in [5, 5.41) is 14.5. The van der Waals surface area contributed by atoms with Crippen LogP contribution >= 0.6 is 0 Å². The Morgan fingerprint density at radius 3 is 2.47 bits per heavy atom. The zero-order valence-electron chi connectivity index (χ0n) is 10.8. The van der Waals surface area contributed by atoms with E-state index in [1.165, 1.54) is 4.90 Å². The van der Waals surface area contributed by atoms with Crippen molar-refractivity contribution in [1.29, 1.82) is 0 Å². The normalized spacial score (nSPS) is 11.9. The van der Waals surface area contributed by atoms with Crippen LogP contribution in [0.4, 0.5) is 4.79 Å². The number of carboxylic acids is 1. The second-order valence-corrected chi connectivity index (χ2v) is 3.97. The summed E-state index contributed by atoms with van der Waals surface area (Å²) in [6, 6.07) is -0.197. The van der Waals surface area contributed by atoms with Gasteiger partial charge in [-0.05, 0) is 26.9 Å². The molecule has 6 heteroatoms. The first-order valence-electron chi connectivity index (χ1n) is 5.93. The Balaban J connectivity index is 3.99. The molecule has 0 saturated carbocycles. The number of rotatable bonds is 8. The largest absolute Gasteiger partial charge is 0.481 e. The molecule has 0 rings (SSSR count). The zero-order valence-corrected chi connectivity index (χ0v) is 10.8. The smallest absolute Gasteiger partial charge is 0.317 e. The molecule has 0 fully saturated rings. The first kappa shape index (κ1) is 15.7. The molecule has 0 radical (unpaired) electrons. The predicted molar refractivity (Wildman–Crippen MR) is 66.0 cm³/mol. The molecular formula is C11H23N3O3. The summed E-state index contributed by atoms with van der Waals surface area (Å²) < 4.78 is 0. The van der Waals surface area contributed by atoms with Crippen molar-refractivity contribution in [3.8, 4) is 0 Å². The maximum absolute atomic E-state index is 11.7. The van der Waals surface area contributed by atoms with E-state index in [0.717, 1.165) is 13.0 Å². The first-order chi connectivity index (χ1) is 8.02. The number of carbonyl (C=O) groups is 2. The van der Waals surface area contributed by atoms with E-state index in [4.69, 9.17) is 5.11 Å². The van der Waals surface area contributed by atoms with Crippen molar-refractivity contribution in [2.75, 3.05) is 33.2 Å². The van der Waals surface area contributed by atoms with Gasteiger partial charge in [-0.3, -0.25) is 4.79 Å². The van der Waals surface area contributed by atoms with Crippen LogP contribution in [0.1, 0.15) is 20.3 Å². The minimum absolute atomic E-state index is 0.197. The first-order valence-corrected chi connectivity index (χ1v) is 5.93. The van der Waals surface area contributed by atoms with Crippen LogP contribution < -0.4 is 10.6 Å². The molecule has 0 aliphatic carbocycles. The van der Waals surface area contributed by atoms with Crippen molar-refractivity contribution in [1.82, 2.24) is 15.5 Å². The van der Waals surface area contributed by atoms with E-state index in [2.05, 4.69) is 10.6 Å². The van der Waals surface area contributed by atoms with Gasteiger partial charge in [0, 0.05) is 19.6 Å². The van der Waals surface area contributed by atoms with Gasteiger partial charge in [0.2, 0.25) is 0 Å². The Kier molecular flexibility index (Phi) is 8.13. The predicted octanol–water partition coefficient (Wildman–Crippen LogP) is 0.348. The number of hydrogen-bond acceptors (Lipinski definition) is 3. The van der Waals surface area contributed by atoms with Crippen molar-refractivity contribution in [3.05, 3.63) is 0 Å². The fourth-order valence-corrected chi connectivity index (χ4v) is 1.34. The Bertz CT molecular complexity index is 246. The average Bonchev–Trinajstić information content (AvgIpc) is 2.30. The summed E-state index contributed by atoms with van der Waals surface area (Å²) in [6.07, 6.45) is 0.855. The number of aliphatic carboxylic acids is 1. The maximum atomic E-state index is 11.7. The van der Waals surface area contributed by atoms with E-state index in [0.29, 0.717) is 13.1 Å². The SMILES string of the molecule is CCN(CC(C)C(=O)O)C(=O)NCCCNC. The molecule has 0 aromatic rings. The lowest BCUT2D eigenvalue weighted by Crippen LogP contribution is -2.43. The van der Waals surface area contributed by atoms with E-state index < -0.39 is 11.9 Å². The molecule has 0 spiro atoms. The summed E-state index contributed by atoms with van der Waals surface area (Å²) in [7, 11) is 1.86. The van der Waals surface area contributed by atoms with Crippen molar-refractivity contribution in [2.45, 2.75) is 20.3 Å². The average molecular weight is 245 g/mol. The summed E-state index contributed by atoms with van der Waals surface area (Å²) in [4.78, 5) is 23.9. The van der Waals surface area contributed by atoms with Crippen molar-refractivity contribution < 1.29 is 14.7 Å². The molecule has 17 heavy (non-hydrogen) atoms. The summed E-state index contributed by atoms with van der Waals surface area (Å²) in [5.41, 5.74) is 0. The third kappa shape index (κ3) is 6.78. The Morgan fingerprint density at radius 1 is 1.35 bits per heavy atom. The fraction of sp³-hybridized carbons (Fsp3) is 0.818. The van der Waals surface area contributed by atoms with Gasteiger partial charge in [-0.1, -0.05) is 6.92 Å². The Labute approximate surface area is 102 Å². The standard InChI is InChI=1S/C11H23N3O3/c1-4-14(8-9(2)10(15)16)11(17)13-7-5-6-12-3/h9,12H,4-8H2,1-3H3,(H,13,17)(H,15,16). The highest BCUT2D eigenvalue weighted by Crippen LogP contribution is 2.00. The molecule has 6 nitrogen and oxygen atoms in total. The minimum atomic E-state index is -0.883. The molecule has 0 aromatic carbocycles. The van der Waals surface area contributed by atoms with Gasteiger partial charge in [0.1, 0.15) is 0 Å². The van der Waals surface area contributed by atoms with Gasteiger partial charge in [-0.2, -0.15) is 0 Å². The molecule has 1 unspecified atom stereocenters. The molecule has 0 aliphatic heterocycles. The van der Waals surface area contributed by atoms with E-state index in [9.17, 15) is 9.59 Å². The lowest BCUT2D eigenvalue weighted by Gasteiger charge is -2.23. The van der Waals surface area contributed by atoms with Crippen LogP contribution in [0.2, 0.25) is 0 Å². The van der Waals surface area contributed by atoms with Gasteiger partial charge in [-0.15, -0.1) is 0 Å². The van der Waals surface area contributed by atoms with Crippen molar-refractivity contribution in [3.63, 3.8) is 0 Å². The van der Waals surface area contributed by atoms with Gasteiger partial charge in [0.15, 0.2) is 0 Å². The highest BCUT2D eigenvalue weighted by molar-refractivity contribution is 5.75. The van der Waals surface area contributed by atoms with Gasteiger partial charge >= 0.3 is 12.0 Å². The molecule has 2 amide bonds. The fourth-order valence-electron chi connectivity index (χ4n) is 1.34. The number of hydrogen-bond donors (Lipinski definition) is 3. The Hall–Kier alpha value is -1.30. The highest BCUT2D eigenvalue weighted by Gasteiger charge is 2.18. The second-order valence-electron chi connectivity index (χ2n) is 3.97. The number of carbonyl (C=O) groups excluding carboxylic acids is 1. The summed E-state index contributed by atoms with van der Waals surface area (Å²) >= 11 is 0. The van der Waals surface area contributed by atoms with Gasteiger partial charge < -0.3 is 20.6 Å².